The number of furan rings is 1. The summed E-state index contributed by atoms with van der Waals surface area (Å²) >= 11 is 1.36. The number of methoxy groups -OCH3 is 1. The second-order valence-electron chi connectivity index (χ2n) is 4.26. The normalized spacial score (nSPS) is 10.2. The summed E-state index contributed by atoms with van der Waals surface area (Å²) in [4.78, 5) is 22.3. The van der Waals surface area contributed by atoms with Gasteiger partial charge in [-0.2, -0.15) is 0 Å². The number of rotatable bonds is 7. The molecule has 0 aliphatic carbocycles. The molecule has 0 radical (unpaired) electrons. The summed E-state index contributed by atoms with van der Waals surface area (Å²) < 4.78 is 10.1. The molecule has 1 aromatic carbocycles. The van der Waals surface area contributed by atoms with Crippen LogP contribution in [0.4, 0.5) is 11.4 Å². The van der Waals surface area contributed by atoms with Gasteiger partial charge in [0.2, 0.25) is 5.91 Å². The molecule has 1 aromatic heterocycles. The molecule has 0 saturated carbocycles. The minimum Gasteiger partial charge on any atom is -0.496 e. The van der Waals surface area contributed by atoms with Gasteiger partial charge in [0.15, 0.2) is 0 Å². The Morgan fingerprint density at radius 3 is 2.91 bits per heavy atom. The maximum atomic E-state index is 11.9. The molecule has 0 atom stereocenters. The van der Waals surface area contributed by atoms with E-state index in [1.807, 2.05) is 6.07 Å². The monoisotopic (exact) mass is 322 g/mol. The number of nitrogens with zero attached hydrogens (tertiary/aromatic N) is 1. The first-order valence-corrected chi connectivity index (χ1v) is 7.48. The van der Waals surface area contributed by atoms with Crippen molar-refractivity contribution < 1.29 is 18.9 Å². The van der Waals surface area contributed by atoms with Crippen LogP contribution in [-0.4, -0.2) is 23.7 Å². The highest BCUT2D eigenvalue weighted by Crippen LogP contribution is 2.29. The molecule has 1 heterocycles. The van der Waals surface area contributed by atoms with Crippen LogP contribution in [0.2, 0.25) is 0 Å². The number of nitrogens with one attached hydrogen (secondary N) is 1. The minimum absolute atomic E-state index is 0.148. The molecule has 7 nitrogen and oxygen atoms in total. The van der Waals surface area contributed by atoms with Crippen LogP contribution >= 0.6 is 11.8 Å². The number of thioether (sulfide) groups is 1. The number of ether oxygens (including phenoxy) is 1. The molecule has 0 spiro atoms. The zero-order valence-electron chi connectivity index (χ0n) is 11.8. The van der Waals surface area contributed by atoms with Crippen molar-refractivity contribution >= 4 is 29.0 Å². The van der Waals surface area contributed by atoms with Gasteiger partial charge in [0.25, 0.3) is 5.69 Å². The highest BCUT2D eigenvalue weighted by molar-refractivity contribution is 7.99. The summed E-state index contributed by atoms with van der Waals surface area (Å²) in [5, 5.41) is 13.6. The van der Waals surface area contributed by atoms with E-state index in [9.17, 15) is 14.9 Å². The van der Waals surface area contributed by atoms with E-state index >= 15 is 0 Å². The third-order valence-corrected chi connectivity index (χ3v) is 3.69. The molecule has 1 amide bonds. The van der Waals surface area contributed by atoms with Crippen LogP contribution in [0.3, 0.4) is 0 Å². The Labute approximate surface area is 130 Å². The Kier molecular flexibility index (Phi) is 5.42. The van der Waals surface area contributed by atoms with Crippen LogP contribution in [0.5, 0.6) is 5.75 Å². The molecule has 0 bridgehead atoms. The van der Waals surface area contributed by atoms with Gasteiger partial charge in [0.1, 0.15) is 17.2 Å². The Hall–Kier alpha value is -2.48. The molecule has 0 aliphatic heterocycles. The predicted molar refractivity (Wildman–Crippen MR) is 83.1 cm³/mol. The average molecular weight is 322 g/mol. The fourth-order valence-electron chi connectivity index (χ4n) is 1.72. The number of hydrogen-bond acceptors (Lipinski definition) is 6. The summed E-state index contributed by atoms with van der Waals surface area (Å²) in [7, 11) is 1.42. The van der Waals surface area contributed by atoms with Crippen molar-refractivity contribution in [3.05, 3.63) is 52.5 Å². The first-order chi connectivity index (χ1) is 10.6. The van der Waals surface area contributed by atoms with Crippen molar-refractivity contribution in [3.8, 4) is 5.75 Å². The third-order valence-electron chi connectivity index (χ3n) is 2.73. The number of carbonyl (C=O) groups excluding carboxylic acids is 1. The Morgan fingerprint density at radius 2 is 2.27 bits per heavy atom. The van der Waals surface area contributed by atoms with Crippen LogP contribution in [0.1, 0.15) is 5.76 Å². The average Bonchev–Trinajstić information content (AvgIpc) is 3.00. The van der Waals surface area contributed by atoms with Gasteiger partial charge in [0.05, 0.1) is 35.9 Å². The van der Waals surface area contributed by atoms with Gasteiger partial charge in [-0.1, -0.05) is 0 Å². The number of benzene rings is 1. The molecule has 0 fully saturated rings. The molecule has 0 aliphatic rings. The lowest BCUT2D eigenvalue weighted by molar-refractivity contribution is -0.384. The SMILES string of the molecule is COc1ccc(NC(=O)CSCc2ccco2)c([N+](=O)[O-])c1. The number of hydrogen-bond donors (Lipinski definition) is 1. The minimum atomic E-state index is -0.561. The Bertz CT molecular complexity index is 657. The Balaban J connectivity index is 1.94. The topological polar surface area (TPSA) is 94.6 Å². The van der Waals surface area contributed by atoms with Gasteiger partial charge in [-0.15, -0.1) is 11.8 Å². The number of amides is 1. The van der Waals surface area contributed by atoms with E-state index < -0.39 is 4.92 Å². The van der Waals surface area contributed by atoms with Crippen molar-refractivity contribution in [1.82, 2.24) is 0 Å². The number of carbonyl (C=O) groups is 1. The van der Waals surface area contributed by atoms with E-state index in [0.717, 1.165) is 5.76 Å². The predicted octanol–water partition coefficient (Wildman–Crippen LogP) is 3.07. The fourth-order valence-corrected chi connectivity index (χ4v) is 2.45. The molecule has 2 aromatic rings. The molecule has 8 heteroatoms. The summed E-state index contributed by atoms with van der Waals surface area (Å²) in [5.41, 5.74) is -0.0573. The zero-order chi connectivity index (χ0) is 15.9. The van der Waals surface area contributed by atoms with Crippen molar-refractivity contribution in [2.45, 2.75) is 5.75 Å². The van der Waals surface area contributed by atoms with E-state index in [0.29, 0.717) is 11.5 Å². The Morgan fingerprint density at radius 1 is 1.45 bits per heavy atom. The molecule has 0 unspecified atom stereocenters. The van der Waals surface area contributed by atoms with E-state index in [1.165, 1.54) is 31.0 Å². The highest BCUT2D eigenvalue weighted by Gasteiger charge is 2.17. The van der Waals surface area contributed by atoms with Crippen molar-refractivity contribution in [2.24, 2.45) is 0 Å². The quantitative estimate of drug-likeness (QED) is 0.622. The largest absolute Gasteiger partial charge is 0.496 e. The molecule has 116 valence electrons. The standard InChI is InChI=1S/C14H14N2O5S/c1-20-10-4-5-12(13(7-10)16(18)19)15-14(17)9-22-8-11-3-2-6-21-11/h2-7H,8-9H2,1H3,(H,15,17). The number of nitro groups is 1. The number of anilines is 1. The van der Waals surface area contributed by atoms with Crippen LogP contribution in [0, 0.1) is 10.1 Å². The van der Waals surface area contributed by atoms with E-state index in [1.54, 1.807) is 18.4 Å². The van der Waals surface area contributed by atoms with Gasteiger partial charge >= 0.3 is 0 Å². The zero-order valence-corrected chi connectivity index (χ0v) is 12.6. The second-order valence-corrected chi connectivity index (χ2v) is 5.25. The lowest BCUT2D eigenvalue weighted by Gasteiger charge is -2.07. The summed E-state index contributed by atoms with van der Waals surface area (Å²) in [6, 6.07) is 7.87. The van der Waals surface area contributed by atoms with E-state index in [4.69, 9.17) is 9.15 Å². The molecule has 0 saturated heterocycles. The lowest BCUT2D eigenvalue weighted by Crippen LogP contribution is -2.15. The maximum Gasteiger partial charge on any atom is 0.296 e. The molecule has 22 heavy (non-hydrogen) atoms. The van der Waals surface area contributed by atoms with Crippen LogP contribution in [0.15, 0.2) is 41.0 Å². The summed E-state index contributed by atoms with van der Waals surface area (Å²) in [6.45, 7) is 0. The van der Waals surface area contributed by atoms with Crippen molar-refractivity contribution in [1.29, 1.82) is 0 Å². The van der Waals surface area contributed by atoms with Crippen molar-refractivity contribution in [3.63, 3.8) is 0 Å². The maximum absolute atomic E-state index is 11.9. The van der Waals surface area contributed by atoms with Gasteiger partial charge in [-0.05, 0) is 24.3 Å². The summed E-state index contributed by atoms with van der Waals surface area (Å²) in [5.74, 6) is 1.55. The molecule has 1 N–H and O–H groups in total. The van der Waals surface area contributed by atoms with E-state index in [-0.39, 0.29) is 23.0 Å². The summed E-state index contributed by atoms with van der Waals surface area (Å²) in [6.07, 6.45) is 1.57. The van der Waals surface area contributed by atoms with Gasteiger partial charge < -0.3 is 14.5 Å². The van der Waals surface area contributed by atoms with Crippen LogP contribution < -0.4 is 10.1 Å². The first kappa shape index (κ1) is 15.9. The fraction of sp³-hybridized carbons (Fsp3) is 0.214. The van der Waals surface area contributed by atoms with Gasteiger partial charge in [-0.25, -0.2) is 0 Å². The van der Waals surface area contributed by atoms with Gasteiger partial charge in [0, 0.05) is 0 Å². The first-order valence-electron chi connectivity index (χ1n) is 6.32. The lowest BCUT2D eigenvalue weighted by atomic mass is 10.2. The van der Waals surface area contributed by atoms with Crippen LogP contribution in [-0.2, 0) is 10.5 Å². The molecular weight excluding hydrogens is 308 g/mol. The third kappa shape index (κ3) is 4.26. The molecule has 2 rings (SSSR count). The smallest absolute Gasteiger partial charge is 0.296 e. The highest BCUT2D eigenvalue weighted by atomic mass is 32.2. The number of nitro benzene ring substituents is 1. The van der Waals surface area contributed by atoms with Crippen molar-refractivity contribution in [2.75, 3.05) is 18.2 Å². The molecular formula is C14H14N2O5S. The second kappa shape index (κ2) is 7.51. The van der Waals surface area contributed by atoms with Gasteiger partial charge in [-0.3, -0.25) is 14.9 Å². The van der Waals surface area contributed by atoms with Crippen LogP contribution in [0.25, 0.3) is 0 Å². The van der Waals surface area contributed by atoms with E-state index in [2.05, 4.69) is 5.32 Å².